The van der Waals surface area contributed by atoms with E-state index in [4.69, 9.17) is 9.47 Å². The minimum absolute atomic E-state index is 0.177. The van der Waals surface area contributed by atoms with Crippen LogP contribution in [0.25, 0.3) is 0 Å². The summed E-state index contributed by atoms with van der Waals surface area (Å²) in [5.74, 6) is -1.61. The number of ether oxygens (including phenoxy) is 2. The largest absolute Gasteiger partial charge is 0.422 e. The van der Waals surface area contributed by atoms with E-state index in [1.165, 1.54) is 0 Å². The Morgan fingerprint density at radius 2 is 2.20 bits per heavy atom. The van der Waals surface area contributed by atoms with Gasteiger partial charge in [0.1, 0.15) is 0 Å². The van der Waals surface area contributed by atoms with E-state index < -0.39 is 11.8 Å². The van der Waals surface area contributed by atoms with E-state index >= 15 is 0 Å². The van der Waals surface area contributed by atoms with Crippen molar-refractivity contribution in [1.29, 1.82) is 0 Å². The molecule has 2 aliphatic carbocycles. The van der Waals surface area contributed by atoms with E-state index in [0.717, 1.165) is 24.8 Å². The molecule has 0 aromatic carbocycles. The van der Waals surface area contributed by atoms with Gasteiger partial charge in [0, 0.05) is 23.7 Å². The molecular formula is C16H22O4. The lowest BCUT2D eigenvalue weighted by Crippen LogP contribution is -2.53. The smallest absolute Gasteiger partial charge is 0.337 e. The number of carbonyl (C=O) groups excluding carboxylic acids is 1. The maximum atomic E-state index is 11.9. The average Bonchev–Trinajstić information content (AvgIpc) is 2.60. The molecule has 110 valence electrons. The van der Waals surface area contributed by atoms with Crippen molar-refractivity contribution in [2.24, 2.45) is 11.3 Å². The number of methoxy groups -OCH3 is 1. The minimum atomic E-state index is -1.60. The average molecular weight is 278 g/mol. The highest BCUT2D eigenvalue weighted by Gasteiger charge is 2.59. The van der Waals surface area contributed by atoms with E-state index in [2.05, 4.69) is 13.8 Å². The van der Waals surface area contributed by atoms with Crippen LogP contribution in [0.5, 0.6) is 0 Å². The molecule has 0 radical (unpaired) electrons. The molecule has 0 aromatic heterocycles. The highest BCUT2D eigenvalue weighted by molar-refractivity contribution is 5.93. The quantitative estimate of drug-likeness (QED) is 0.591. The molecule has 4 nitrogen and oxygen atoms in total. The van der Waals surface area contributed by atoms with Crippen molar-refractivity contribution in [1.82, 2.24) is 0 Å². The molecule has 4 atom stereocenters. The van der Waals surface area contributed by atoms with Crippen molar-refractivity contribution in [2.75, 3.05) is 7.11 Å². The zero-order valence-corrected chi connectivity index (χ0v) is 12.5. The second-order valence-electron chi connectivity index (χ2n) is 6.49. The van der Waals surface area contributed by atoms with Crippen LogP contribution in [0.3, 0.4) is 0 Å². The normalized spacial score (nSPS) is 43.9. The van der Waals surface area contributed by atoms with Crippen LogP contribution in [0, 0.1) is 11.3 Å². The van der Waals surface area contributed by atoms with Crippen LogP contribution in [-0.2, 0) is 14.3 Å². The molecule has 3 aliphatic rings. The predicted octanol–water partition coefficient (Wildman–Crippen LogP) is 2.33. The number of aliphatic hydroxyl groups is 1. The van der Waals surface area contributed by atoms with Gasteiger partial charge in [0.25, 0.3) is 5.79 Å². The van der Waals surface area contributed by atoms with E-state index in [1.54, 1.807) is 20.1 Å². The van der Waals surface area contributed by atoms with E-state index in [1.807, 2.05) is 0 Å². The van der Waals surface area contributed by atoms with Crippen LogP contribution >= 0.6 is 0 Å². The molecule has 0 saturated heterocycles. The first-order chi connectivity index (χ1) is 9.34. The third-order valence-corrected chi connectivity index (χ3v) is 5.56. The van der Waals surface area contributed by atoms with Gasteiger partial charge in [-0.1, -0.05) is 19.4 Å². The van der Waals surface area contributed by atoms with Gasteiger partial charge in [0.2, 0.25) is 0 Å². The maximum absolute atomic E-state index is 11.9. The third-order valence-electron chi connectivity index (χ3n) is 5.56. The van der Waals surface area contributed by atoms with Gasteiger partial charge < -0.3 is 14.6 Å². The Morgan fingerprint density at radius 1 is 1.50 bits per heavy atom. The first-order valence-corrected chi connectivity index (χ1v) is 7.26. The van der Waals surface area contributed by atoms with Crippen molar-refractivity contribution in [3.05, 3.63) is 22.8 Å². The van der Waals surface area contributed by atoms with E-state index in [9.17, 15) is 9.90 Å². The zero-order valence-electron chi connectivity index (χ0n) is 12.5. The Balaban J connectivity index is 2.24. The van der Waals surface area contributed by atoms with Crippen LogP contribution in [-0.4, -0.2) is 30.1 Å². The number of esters is 1. The van der Waals surface area contributed by atoms with Crippen LogP contribution in [0.15, 0.2) is 22.8 Å². The molecule has 0 aromatic rings. The van der Waals surface area contributed by atoms with Crippen molar-refractivity contribution >= 4 is 5.97 Å². The molecule has 4 heteroatoms. The second kappa shape index (κ2) is 4.18. The molecule has 1 N–H and O–H groups in total. The van der Waals surface area contributed by atoms with E-state index in [-0.39, 0.29) is 11.5 Å². The summed E-state index contributed by atoms with van der Waals surface area (Å²) in [7, 11) is 1.64. The Kier molecular flexibility index (Phi) is 2.89. The SMILES string of the molecule is CO[C@@H]1C2=C(C)C(=O)O[C@@]2(O)C=C2CCC[C@H](C)[C@]21C. The van der Waals surface area contributed by atoms with Crippen molar-refractivity contribution in [2.45, 2.75) is 51.9 Å². The van der Waals surface area contributed by atoms with Crippen molar-refractivity contribution in [3.8, 4) is 0 Å². The predicted molar refractivity (Wildman–Crippen MR) is 73.7 cm³/mol. The lowest BCUT2D eigenvalue weighted by atomic mass is 9.57. The molecule has 1 heterocycles. The third kappa shape index (κ3) is 1.52. The van der Waals surface area contributed by atoms with E-state index in [0.29, 0.717) is 17.1 Å². The molecule has 1 saturated carbocycles. The van der Waals surface area contributed by atoms with Crippen molar-refractivity contribution in [3.63, 3.8) is 0 Å². The number of hydrogen-bond acceptors (Lipinski definition) is 4. The Morgan fingerprint density at radius 3 is 2.85 bits per heavy atom. The number of hydrogen-bond donors (Lipinski definition) is 1. The molecule has 1 fully saturated rings. The second-order valence-corrected chi connectivity index (χ2v) is 6.49. The Labute approximate surface area is 119 Å². The zero-order chi connectivity index (χ0) is 14.7. The van der Waals surface area contributed by atoms with Gasteiger partial charge in [-0.15, -0.1) is 0 Å². The molecule has 0 bridgehead atoms. The van der Waals surface area contributed by atoms with Gasteiger partial charge in [-0.05, 0) is 38.2 Å². The number of fused-ring (bicyclic) bond motifs is 2. The highest BCUT2D eigenvalue weighted by Crippen LogP contribution is 2.57. The summed E-state index contributed by atoms with van der Waals surface area (Å²) in [6.07, 6.45) is 4.60. The first kappa shape index (κ1) is 13.8. The Bertz CT molecular complexity index is 533. The van der Waals surface area contributed by atoms with Crippen molar-refractivity contribution < 1.29 is 19.4 Å². The van der Waals surface area contributed by atoms with Gasteiger partial charge in [-0.25, -0.2) is 4.79 Å². The summed E-state index contributed by atoms with van der Waals surface area (Å²) in [4.78, 5) is 11.9. The van der Waals surface area contributed by atoms with Gasteiger partial charge in [0.15, 0.2) is 0 Å². The van der Waals surface area contributed by atoms with Gasteiger partial charge >= 0.3 is 5.97 Å². The van der Waals surface area contributed by atoms with Crippen LogP contribution < -0.4 is 0 Å². The minimum Gasteiger partial charge on any atom is -0.422 e. The van der Waals surface area contributed by atoms with Crippen LogP contribution in [0.4, 0.5) is 0 Å². The lowest BCUT2D eigenvalue weighted by Gasteiger charge is -2.51. The van der Waals surface area contributed by atoms with Gasteiger partial charge in [-0.3, -0.25) is 0 Å². The maximum Gasteiger partial charge on any atom is 0.337 e. The van der Waals surface area contributed by atoms with Crippen LogP contribution in [0.1, 0.15) is 40.0 Å². The molecule has 1 aliphatic heterocycles. The fourth-order valence-electron chi connectivity index (χ4n) is 4.18. The topological polar surface area (TPSA) is 55.8 Å². The summed E-state index contributed by atoms with van der Waals surface area (Å²) < 4.78 is 11.0. The fourth-order valence-corrected chi connectivity index (χ4v) is 4.18. The fraction of sp³-hybridized carbons (Fsp3) is 0.688. The molecule has 20 heavy (non-hydrogen) atoms. The molecular weight excluding hydrogens is 256 g/mol. The lowest BCUT2D eigenvalue weighted by molar-refractivity contribution is -0.175. The summed E-state index contributed by atoms with van der Waals surface area (Å²) in [5, 5.41) is 10.7. The first-order valence-electron chi connectivity index (χ1n) is 7.26. The highest BCUT2D eigenvalue weighted by atomic mass is 16.7. The van der Waals surface area contributed by atoms with Gasteiger partial charge in [-0.2, -0.15) is 0 Å². The summed E-state index contributed by atoms with van der Waals surface area (Å²) >= 11 is 0. The molecule has 3 rings (SSSR count). The summed E-state index contributed by atoms with van der Waals surface area (Å²) in [5.41, 5.74) is 2.04. The standard InChI is InChI=1S/C16H22O4/c1-9-6-5-7-11-8-16(18)12(10(2)14(17)20-16)13(19-4)15(9,11)3/h8-9,13,18H,5-7H2,1-4H3/t9-,13+,15+,16-/m0/s1. The summed E-state index contributed by atoms with van der Waals surface area (Å²) in [6.45, 7) is 6.10. The number of rotatable bonds is 1. The summed E-state index contributed by atoms with van der Waals surface area (Å²) in [6, 6.07) is 0. The monoisotopic (exact) mass is 278 g/mol. The van der Waals surface area contributed by atoms with Gasteiger partial charge in [0.05, 0.1) is 6.10 Å². The molecule has 0 amide bonds. The number of carbonyl (C=O) groups is 1. The van der Waals surface area contributed by atoms with Crippen LogP contribution in [0.2, 0.25) is 0 Å². The Hall–Kier alpha value is -1.13. The molecule has 0 spiro atoms. The molecule has 0 unspecified atom stereocenters.